The van der Waals surface area contributed by atoms with E-state index >= 15 is 0 Å². The Hall–Kier alpha value is -0.130. The second kappa shape index (κ2) is 4.80. The van der Waals surface area contributed by atoms with Crippen LogP contribution >= 0.6 is 22.6 Å². The van der Waals surface area contributed by atoms with Crippen LogP contribution in [0.5, 0.6) is 0 Å². The number of halogens is 1. The summed E-state index contributed by atoms with van der Waals surface area (Å²) in [7, 11) is 0. The van der Waals surface area contributed by atoms with Crippen molar-refractivity contribution in [3.8, 4) is 0 Å². The quantitative estimate of drug-likeness (QED) is 0.841. The van der Waals surface area contributed by atoms with Crippen molar-refractivity contribution in [2.24, 2.45) is 11.7 Å². The fourth-order valence-corrected chi connectivity index (χ4v) is 2.32. The minimum Gasteiger partial charge on any atom is -0.391 e. The Kier molecular flexibility index (Phi) is 3.64. The highest BCUT2D eigenvalue weighted by Gasteiger charge is 2.30. The summed E-state index contributed by atoms with van der Waals surface area (Å²) in [5, 5.41) is 10.0. The van der Waals surface area contributed by atoms with Gasteiger partial charge in [0.05, 0.1) is 12.1 Å². The maximum absolute atomic E-state index is 10.0. The molecule has 0 heterocycles. The second-order valence-corrected chi connectivity index (χ2v) is 5.50. The molecule has 1 aromatic rings. The van der Waals surface area contributed by atoms with E-state index in [4.69, 9.17) is 5.73 Å². The van der Waals surface area contributed by atoms with Crippen LogP contribution in [0.4, 0.5) is 0 Å². The lowest BCUT2D eigenvalue weighted by Gasteiger charge is -2.33. The van der Waals surface area contributed by atoms with Crippen LogP contribution in [0.3, 0.4) is 0 Å². The largest absolute Gasteiger partial charge is 0.391 e. The summed E-state index contributed by atoms with van der Waals surface area (Å²) in [4.78, 5) is 0. The zero-order valence-electron chi connectivity index (χ0n) is 8.57. The van der Waals surface area contributed by atoms with Crippen molar-refractivity contribution in [3.63, 3.8) is 0 Å². The first-order valence-corrected chi connectivity index (χ1v) is 6.45. The standard InChI is InChI=1S/C12H16INO/c13-10-6-4-8(5-7-10)11(14)12(15)9-2-1-3-9/h4-7,9,11-12,15H,1-3,14H2/t11-,12+/m1/s1. The van der Waals surface area contributed by atoms with E-state index in [1.807, 2.05) is 24.3 Å². The summed E-state index contributed by atoms with van der Waals surface area (Å²) in [5.74, 6) is 0.416. The smallest absolute Gasteiger partial charge is 0.0760 e. The third-order valence-electron chi connectivity index (χ3n) is 3.26. The molecular formula is C12H16INO. The minimum absolute atomic E-state index is 0.229. The van der Waals surface area contributed by atoms with Gasteiger partial charge in [0.25, 0.3) is 0 Å². The summed E-state index contributed by atoms with van der Waals surface area (Å²) in [6, 6.07) is 7.85. The lowest BCUT2D eigenvalue weighted by Crippen LogP contribution is -2.36. The Bertz CT molecular complexity index is 321. The van der Waals surface area contributed by atoms with E-state index in [0.717, 1.165) is 18.4 Å². The van der Waals surface area contributed by atoms with Crippen molar-refractivity contribution in [1.82, 2.24) is 0 Å². The molecule has 0 amide bonds. The topological polar surface area (TPSA) is 46.2 Å². The molecule has 0 aliphatic heterocycles. The van der Waals surface area contributed by atoms with Crippen molar-refractivity contribution >= 4 is 22.6 Å². The van der Waals surface area contributed by atoms with Crippen LogP contribution < -0.4 is 5.73 Å². The van der Waals surface area contributed by atoms with E-state index in [1.165, 1.54) is 9.99 Å². The van der Waals surface area contributed by atoms with Crippen molar-refractivity contribution in [2.45, 2.75) is 31.4 Å². The van der Waals surface area contributed by atoms with Crippen LogP contribution in [0.15, 0.2) is 24.3 Å². The van der Waals surface area contributed by atoms with E-state index < -0.39 is 0 Å². The number of rotatable bonds is 3. The normalized spacial score (nSPS) is 20.7. The van der Waals surface area contributed by atoms with E-state index in [9.17, 15) is 5.11 Å². The zero-order valence-corrected chi connectivity index (χ0v) is 10.7. The first-order chi connectivity index (χ1) is 7.18. The molecule has 1 aliphatic carbocycles. The molecule has 1 aliphatic rings. The molecule has 0 spiro atoms. The molecule has 0 saturated heterocycles. The van der Waals surface area contributed by atoms with Crippen LogP contribution in [0, 0.1) is 9.49 Å². The number of benzene rings is 1. The molecule has 0 aromatic heterocycles. The SMILES string of the molecule is N[C@H](c1ccc(I)cc1)[C@@H](O)C1CCC1. The van der Waals surface area contributed by atoms with Crippen molar-refractivity contribution in [3.05, 3.63) is 33.4 Å². The molecule has 2 rings (SSSR count). The number of aliphatic hydroxyl groups excluding tert-OH is 1. The van der Waals surface area contributed by atoms with Crippen LogP contribution in [0.1, 0.15) is 30.9 Å². The molecule has 15 heavy (non-hydrogen) atoms. The van der Waals surface area contributed by atoms with Gasteiger partial charge in [-0.25, -0.2) is 0 Å². The zero-order chi connectivity index (χ0) is 10.8. The minimum atomic E-state index is -0.376. The van der Waals surface area contributed by atoms with Gasteiger partial charge in [-0.05, 0) is 59.0 Å². The molecule has 2 nitrogen and oxygen atoms in total. The first kappa shape index (κ1) is 11.4. The van der Waals surface area contributed by atoms with Crippen LogP contribution in [0.25, 0.3) is 0 Å². The molecule has 0 radical (unpaired) electrons. The summed E-state index contributed by atoms with van der Waals surface area (Å²) in [5.41, 5.74) is 7.08. The highest BCUT2D eigenvalue weighted by Crippen LogP contribution is 2.34. The monoisotopic (exact) mass is 317 g/mol. The van der Waals surface area contributed by atoms with Crippen LogP contribution in [-0.2, 0) is 0 Å². The molecule has 0 unspecified atom stereocenters. The summed E-state index contributed by atoms with van der Waals surface area (Å²) in [6.07, 6.45) is 3.11. The van der Waals surface area contributed by atoms with Gasteiger partial charge < -0.3 is 10.8 Å². The van der Waals surface area contributed by atoms with Crippen molar-refractivity contribution in [2.75, 3.05) is 0 Å². The van der Waals surface area contributed by atoms with Gasteiger partial charge >= 0.3 is 0 Å². The van der Waals surface area contributed by atoms with Gasteiger partial charge in [0, 0.05) is 3.57 Å². The van der Waals surface area contributed by atoms with Gasteiger partial charge in [-0.2, -0.15) is 0 Å². The predicted molar refractivity (Wildman–Crippen MR) is 69.4 cm³/mol. The van der Waals surface area contributed by atoms with Crippen LogP contribution in [-0.4, -0.2) is 11.2 Å². The Labute approximate surface area is 104 Å². The third kappa shape index (κ3) is 2.52. The van der Waals surface area contributed by atoms with Gasteiger partial charge in [0.2, 0.25) is 0 Å². The molecule has 2 atom stereocenters. The van der Waals surface area contributed by atoms with Gasteiger partial charge in [0.1, 0.15) is 0 Å². The summed E-state index contributed by atoms with van der Waals surface area (Å²) in [6.45, 7) is 0. The van der Waals surface area contributed by atoms with Crippen LogP contribution in [0.2, 0.25) is 0 Å². The van der Waals surface area contributed by atoms with E-state index in [1.54, 1.807) is 0 Å². The number of aliphatic hydroxyl groups is 1. The molecular weight excluding hydrogens is 301 g/mol. The van der Waals surface area contributed by atoms with Crippen molar-refractivity contribution in [1.29, 1.82) is 0 Å². The Morgan fingerprint density at radius 1 is 1.27 bits per heavy atom. The van der Waals surface area contributed by atoms with Gasteiger partial charge in [0.15, 0.2) is 0 Å². The van der Waals surface area contributed by atoms with E-state index in [2.05, 4.69) is 22.6 Å². The lowest BCUT2D eigenvalue weighted by atomic mass is 9.77. The average molecular weight is 317 g/mol. The second-order valence-electron chi connectivity index (χ2n) is 4.26. The number of hydrogen-bond donors (Lipinski definition) is 2. The maximum atomic E-state index is 10.0. The number of nitrogens with two attached hydrogens (primary N) is 1. The van der Waals surface area contributed by atoms with Gasteiger partial charge in [-0.15, -0.1) is 0 Å². The Morgan fingerprint density at radius 2 is 1.87 bits per heavy atom. The fraction of sp³-hybridized carbons (Fsp3) is 0.500. The Morgan fingerprint density at radius 3 is 2.33 bits per heavy atom. The molecule has 82 valence electrons. The lowest BCUT2D eigenvalue weighted by molar-refractivity contribution is 0.0414. The molecule has 0 bridgehead atoms. The average Bonchev–Trinajstić information content (AvgIpc) is 2.15. The highest BCUT2D eigenvalue weighted by atomic mass is 127. The molecule has 1 aromatic carbocycles. The maximum Gasteiger partial charge on any atom is 0.0760 e. The molecule has 1 fully saturated rings. The molecule has 1 saturated carbocycles. The first-order valence-electron chi connectivity index (χ1n) is 5.37. The third-order valence-corrected chi connectivity index (χ3v) is 3.97. The van der Waals surface area contributed by atoms with Gasteiger partial charge in [-0.3, -0.25) is 0 Å². The van der Waals surface area contributed by atoms with Gasteiger partial charge in [-0.1, -0.05) is 18.6 Å². The summed E-state index contributed by atoms with van der Waals surface area (Å²) >= 11 is 2.27. The van der Waals surface area contributed by atoms with E-state index in [0.29, 0.717) is 5.92 Å². The fourth-order valence-electron chi connectivity index (χ4n) is 1.96. The molecule has 3 heteroatoms. The van der Waals surface area contributed by atoms with E-state index in [-0.39, 0.29) is 12.1 Å². The predicted octanol–water partition coefficient (Wildman–Crippen LogP) is 2.45. The summed E-state index contributed by atoms with van der Waals surface area (Å²) < 4.78 is 1.20. The molecule has 3 N–H and O–H groups in total. The number of hydrogen-bond acceptors (Lipinski definition) is 2. The van der Waals surface area contributed by atoms with Crippen molar-refractivity contribution < 1.29 is 5.11 Å². The Balaban J connectivity index is 2.05. The highest BCUT2D eigenvalue weighted by molar-refractivity contribution is 14.1.